The first-order chi connectivity index (χ1) is 8.76. The highest BCUT2D eigenvalue weighted by atomic mass is 16.5. The van der Waals surface area contributed by atoms with E-state index in [1.165, 1.54) is 22.4 Å². The van der Waals surface area contributed by atoms with Crippen molar-refractivity contribution in [2.24, 2.45) is 0 Å². The van der Waals surface area contributed by atoms with Crippen LogP contribution in [0, 0.1) is 6.92 Å². The molecule has 0 saturated heterocycles. The molecule has 1 aliphatic heterocycles. The molecule has 92 valence electrons. The third-order valence-corrected chi connectivity index (χ3v) is 3.52. The molecule has 0 spiro atoms. The molecule has 0 aromatic heterocycles. The molecular weight excluding hydrogens is 222 g/mol. The van der Waals surface area contributed by atoms with Gasteiger partial charge in [0.25, 0.3) is 0 Å². The first-order valence-electron chi connectivity index (χ1n) is 6.26. The summed E-state index contributed by atoms with van der Waals surface area (Å²) in [6, 6.07) is 15.3. The third kappa shape index (κ3) is 1.94. The summed E-state index contributed by atoms with van der Waals surface area (Å²) in [7, 11) is 1.70. The van der Waals surface area contributed by atoms with Crippen LogP contribution in [0.3, 0.4) is 0 Å². The lowest BCUT2D eigenvalue weighted by atomic mass is 10.0. The van der Waals surface area contributed by atoms with Crippen LogP contribution in [0.2, 0.25) is 0 Å². The van der Waals surface area contributed by atoms with Gasteiger partial charge in [0.05, 0.1) is 13.2 Å². The monoisotopic (exact) mass is 239 g/mol. The van der Waals surface area contributed by atoms with E-state index in [-0.39, 0.29) is 0 Å². The average molecular weight is 239 g/mol. The third-order valence-electron chi connectivity index (χ3n) is 3.52. The Morgan fingerprint density at radius 1 is 1.17 bits per heavy atom. The van der Waals surface area contributed by atoms with E-state index >= 15 is 0 Å². The molecule has 1 unspecified atom stereocenters. The lowest BCUT2D eigenvalue weighted by Crippen LogP contribution is -2.05. The predicted octanol–water partition coefficient (Wildman–Crippen LogP) is 3.71. The van der Waals surface area contributed by atoms with E-state index in [1.807, 2.05) is 6.07 Å². The number of fused-ring (bicyclic) bond motifs is 1. The highest BCUT2D eigenvalue weighted by Crippen LogP contribution is 2.36. The van der Waals surface area contributed by atoms with E-state index < -0.39 is 0 Å². The smallest absolute Gasteiger partial charge is 0.120 e. The van der Waals surface area contributed by atoms with Crippen molar-refractivity contribution in [1.29, 1.82) is 0 Å². The number of anilines is 1. The number of hydrogen-bond donors (Lipinski definition) is 1. The Bertz CT molecular complexity index is 577. The fourth-order valence-electron chi connectivity index (χ4n) is 2.54. The summed E-state index contributed by atoms with van der Waals surface area (Å²) < 4.78 is 5.26. The molecule has 3 rings (SSSR count). The van der Waals surface area contributed by atoms with Crippen molar-refractivity contribution in [2.75, 3.05) is 12.4 Å². The zero-order chi connectivity index (χ0) is 12.5. The van der Waals surface area contributed by atoms with Crippen molar-refractivity contribution in [3.05, 3.63) is 59.2 Å². The SMILES string of the molecule is COc1ccc2c(c1)NC(c1cccc(C)c1)C2. The molecule has 0 aliphatic carbocycles. The van der Waals surface area contributed by atoms with E-state index in [4.69, 9.17) is 4.74 Å². The Labute approximate surface area is 108 Å². The van der Waals surface area contributed by atoms with Gasteiger partial charge in [-0.3, -0.25) is 0 Å². The topological polar surface area (TPSA) is 21.3 Å². The molecule has 1 atom stereocenters. The lowest BCUT2D eigenvalue weighted by molar-refractivity contribution is 0.415. The van der Waals surface area contributed by atoms with Gasteiger partial charge in [0, 0.05) is 11.8 Å². The summed E-state index contributed by atoms with van der Waals surface area (Å²) in [5, 5.41) is 3.57. The van der Waals surface area contributed by atoms with E-state index in [1.54, 1.807) is 7.11 Å². The number of hydrogen-bond acceptors (Lipinski definition) is 2. The van der Waals surface area contributed by atoms with Crippen LogP contribution in [-0.2, 0) is 6.42 Å². The fraction of sp³-hybridized carbons (Fsp3) is 0.250. The van der Waals surface area contributed by atoms with Crippen LogP contribution in [0.15, 0.2) is 42.5 Å². The van der Waals surface area contributed by atoms with Gasteiger partial charge in [-0.15, -0.1) is 0 Å². The first kappa shape index (κ1) is 11.1. The van der Waals surface area contributed by atoms with Crippen molar-refractivity contribution in [3.8, 4) is 5.75 Å². The Balaban J connectivity index is 1.88. The second-order valence-corrected chi connectivity index (χ2v) is 4.84. The van der Waals surface area contributed by atoms with Gasteiger partial charge in [-0.05, 0) is 30.5 Å². The van der Waals surface area contributed by atoms with Gasteiger partial charge in [0.1, 0.15) is 5.75 Å². The van der Waals surface area contributed by atoms with Gasteiger partial charge in [-0.25, -0.2) is 0 Å². The summed E-state index contributed by atoms with van der Waals surface area (Å²) in [5.74, 6) is 0.908. The second-order valence-electron chi connectivity index (χ2n) is 4.84. The maximum absolute atomic E-state index is 5.26. The molecule has 0 fully saturated rings. The molecule has 0 amide bonds. The molecule has 1 aliphatic rings. The quantitative estimate of drug-likeness (QED) is 0.862. The minimum atomic E-state index is 0.381. The van der Waals surface area contributed by atoms with Gasteiger partial charge in [-0.2, -0.15) is 0 Å². The molecule has 0 saturated carbocycles. The molecule has 18 heavy (non-hydrogen) atoms. The minimum Gasteiger partial charge on any atom is -0.497 e. The zero-order valence-electron chi connectivity index (χ0n) is 10.7. The molecule has 2 aromatic carbocycles. The molecule has 1 N–H and O–H groups in total. The van der Waals surface area contributed by atoms with Crippen LogP contribution in [0.1, 0.15) is 22.7 Å². The van der Waals surface area contributed by atoms with Gasteiger partial charge < -0.3 is 10.1 Å². The maximum atomic E-state index is 5.26. The first-order valence-corrected chi connectivity index (χ1v) is 6.26. The number of aryl methyl sites for hydroxylation is 1. The molecule has 0 bridgehead atoms. The Morgan fingerprint density at radius 2 is 2.06 bits per heavy atom. The van der Waals surface area contributed by atoms with Crippen LogP contribution in [0.25, 0.3) is 0 Å². The molecule has 2 heteroatoms. The van der Waals surface area contributed by atoms with Crippen molar-refractivity contribution >= 4 is 5.69 Å². The standard InChI is InChI=1S/C16H17NO/c1-11-4-3-5-12(8-11)15-9-13-6-7-14(18-2)10-16(13)17-15/h3-8,10,15,17H,9H2,1-2H3. The Morgan fingerprint density at radius 3 is 2.83 bits per heavy atom. The molecule has 0 radical (unpaired) electrons. The number of methoxy groups -OCH3 is 1. The number of rotatable bonds is 2. The Kier molecular flexibility index (Phi) is 2.71. The number of ether oxygens (including phenoxy) is 1. The second kappa shape index (κ2) is 4.37. The van der Waals surface area contributed by atoms with E-state index in [0.717, 1.165) is 12.2 Å². The van der Waals surface area contributed by atoms with Crippen LogP contribution >= 0.6 is 0 Å². The summed E-state index contributed by atoms with van der Waals surface area (Å²) in [6.45, 7) is 2.13. The van der Waals surface area contributed by atoms with Gasteiger partial charge >= 0.3 is 0 Å². The maximum Gasteiger partial charge on any atom is 0.120 e. The minimum absolute atomic E-state index is 0.381. The molecular formula is C16H17NO. The van der Waals surface area contributed by atoms with Crippen molar-refractivity contribution in [1.82, 2.24) is 0 Å². The van der Waals surface area contributed by atoms with Gasteiger partial charge in [0.15, 0.2) is 0 Å². The normalized spacial score (nSPS) is 17.1. The largest absolute Gasteiger partial charge is 0.497 e. The molecule has 1 heterocycles. The fourth-order valence-corrected chi connectivity index (χ4v) is 2.54. The molecule has 2 nitrogen and oxygen atoms in total. The highest BCUT2D eigenvalue weighted by Gasteiger charge is 2.22. The molecule has 2 aromatic rings. The van der Waals surface area contributed by atoms with Crippen LogP contribution < -0.4 is 10.1 Å². The summed E-state index contributed by atoms with van der Waals surface area (Å²) in [6.07, 6.45) is 1.04. The Hall–Kier alpha value is -1.96. The van der Waals surface area contributed by atoms with E-state index in [0.29, 0.717) is 6.04 Å². The summed E-state index contributed by atoms with van der Waals surface area (Å²) in [4.78, 5) is 0. The van der Waals surface area contributed by atoms with Crippen molar-refractivity contribution < 1.29 is 4.74 Å². The highest BCUT2D eigenvalue weighted by molar-refractivity contribution is 5.61. The van der Waals surface area contributed by atoms with E-state index in [2.05, 4.69) is 48.6 Å². The summed E-state index contributed by atoms with van der Waals surface area (Å²) in [5.41, 5.74) is 5.22. The average Bonchev–Trinajstić information content (AvgIpc) is 2.81. The lowest BCUT2D eigenvalue weighted by Gasteiger charge is -2.12. The summed E-state index contributed by atoms with van der Waals surface area (Å²) >= 11 is 0. The van der Waals surface area contributed by atoms with Crippen molar-refractivity contribution in [3.63, 3.8) is 0 Å². The number of nitrogens with one attached hydrogen (secondary N) is 1. The van der Waals surface area contributed by atoms with Crippen LogP contribution in [0.4, 0.5) is 5.69 Å². The number of benzene rings is 2. The van der Waals surface area contributed by atoms with E-state index in [9.17, 15) is 0 Å². The van der Waals surface area contributed by atoms with Crippen LogP contribution in [-0.4, -0.2) is 7.11 Å². The van der Waals surface area contributed by atoms with Gasteiger partial charge in [0.2, 0.25) is 0 Å². The van der Waals surface area contributed by atoms with Crippen molar-refractivity contribution in [2.45, 2.75) is 19.4 Å². The predicted molar refractivity (Wildman–Crippen MR) is 74.2 cm³/mol. The van der Waals surface area contributed by atoms with Crippen LogP contribution in [0.5, 0.6) is 5.75 Å². The van der Waals surface area contributed by atoms with Gasteiger partial charge in [-0.1, -0.05) is 35.9 Å². The zero-order valence-corrected chi connectivity index (χ0v) is 10.7.